The Morgan fingerprint density at radius 3 is 2.90 bits per heavy atom. The van der Waals surface area contributed by atoms with Crippen molar-refractivity contribution in [1.29, 1.82) is 0 Å². The van der Waals surface area contributed by atoms with Crippen molar-refractivity contribution in [2.24, 2.45) is 5.92 Å². The second-order valence-corrected chi connectivity index (χ2v) is 8.87. The lowest BCUT2D eigenvalue weighted by Crippen LogP contribution is -2.49. The van der Waals surface area contributed by atoms with Gasteiger partial charge in [-0.2, -0.15) is 0 Å². The molecule has 1 aromatic heterocycles. The first-order chi connectivity index (χ1) is 14.3. The summed E-state index contributed by atoms with van der Waals surface area (Å²) in [5.41, 5.74) is 1.25. The van der Waals surface area contributed by atoms with Crippen molar-refractivity contribution < 1.29 is 19.0 Å². The highest BCUT2D eigenvalue weighted by Crippen LogP contribution is 2.28. The molecule has 162 valence electrons. The molecule has 6 nitrogen and oxygen atoms in total. The average molecular weight is 480 g/mol. The van der Waals surface area contributed by atoms with Crippen LogP contribution in [0.4, 0.5) is 4.39 Å². The summed E-state index contributed by atoms with van der Waals surface area (Å²) < 4.78 is 20.4. The first-order valence-corrected chi connectivity index (χ1v) is 10.7. The lowest BCUT2D eigenvalue weighted by Gasteiger charge is -2.37. The minimum Gasteiger partial charge on any atom is -0.472 e. The van der Waals surface area contributed by atoms with Crippen LogP contribution in [0.5, 0.6) is 5.88 Å². The number of hydrogen-bond donors (Lipinski definition) is 1. The number of hydrogen-bond acceptors (Lipinski definition) is 5. The Morgan fingerprint density at radius 2 is 2.20 bits per heavy atom. The maximum atomic E-state index is 13.5. The van der Waals surface area contributed by atoms with E-state index in [2.05, 4.69) is 25.8 Å². The fourth-order valence-corrected chi connectivity index (χ4v) is 3.94. The van der Waals surface area contributed by atoms with Crippen LogP contribution in [0.25, 0.3) is 0 Å². The fraction of sp³-hybridized carbons (Fsp3) is 0.455. The Morgan fingerprint density at radius 1 is 1.43 bits per heavy atom. The van der Waals surface area contributed by atoms with E-state index in [1.54, 1.807) is 23.2 Å². The molecule has 1 N–H and O–H groups in total. The van der Waals surface area contributed by atoms with Crippen LogP contribution < -0.4 is 4.74 Å². The van der Waals surface area contributed by atoms with E-state index in [4.69, 9.17) is 4.74 Å². The van der Waals surface area contributed by atoms with Crippen LogP contribution >= 0.6 is 15.9 Å². The molecule has 1 aromatic carbocycles. The Labute approximate surface area is 184 Å². The first kappa shape index (κ1) is 22.7. The third-order valence-corrected chi connectivity index (χ3v) is 5.75. The number of aliphatic hydroxyl groups excluding tert-OH is 1. The smallest absolute Gasteiger partial charge is 0.259 e. The topological polar surface area (TPSA) is 65.9 Å². The van der Waals surface area contributed by atoms with Crippen LogP contribution in [-0.2, 0) is 6.54 Å². The van der Waals surface area contributed by atoms with Crippen LogP contribution in [0.1, 0.15) is 29.8 Å². The van der Waals surface area contributed by atoms with E-state index >= 15 is 0 Å². The van der Waals surface area contributed by atoms with Crippen LogP contribution in [0.3, 0.4) is 0 Å². The number of rotatable bonds is 6. The maximum Gasteiger partial charge on any atom is 0.259 e. The Balaban J connectivity index is 1.85. The summed E-state index contributed by atoms with van der Waals surface area (Å²) >= 11 is 3.37. The van der Waals surface area contributed by atoms with Gasteiger partial charge in [0.15, 0.2) is 0 Å². The van der Waals surface area contributed by atoms with Crippen molar-refractivity contribution >= 4 is 21.8 Å². The lowest BCUT2D eigenvalue weighted by molar-refractivity contribution is 0.0325. The molecule has 0 bridgehead atoms. The monoisotopic (exact) mass is 479 g/mol. The predicted molar refractivity (Wildman–Crippen MR) is 116 cm³/mol. The number of amides is 1. The van der Waals surface area contributed by atoms with Gasteiger partial charge in [-0.05, 0) is 53.7 Å². The SMILES string of the molecule is C[C@@H]1CN([C@@H](C)CO)C(=O)c2cc(Br)cnc2O[C@@H]1CN(C)Cc1cccc(F)c1. The number of benzene rings is 1. The second-order valence-electron chi connectivity index (χ2n) is 7.96. The van der Waals surface area contributed by atoms with Gasteiger partial charge in [-0.1, -0.05) is 19.1 Å². The van der Waals surface area contributed by atoms with E-state index in [-0.39, 0.29) is 42.3 Å². The fourth-order valence-electron chi connectivity index (χ4n) is 3.61. The van der Waals surface area contributed by atoms with E-state index in [1.165, 1.54) is 12.1 Å². The van der Waals surface area contributed by atoms with E-state index in [0.29, 0.717) is 29.7 Å². The van der Waals surface area contributed by atoms with Crippen molar-refractivity contribution in [3.8, 4) is 5.88 Å². The molecular weight excluding hydrogens is 453 g/mol. The molecule has 1 amide bonds. The number of pyridine rings is 1. The summed E-state index contributed by atoms with van der Waals surface area (Å²) in [4.78, 5) is 21.2. The molecule has 0 fully saturated rings. The van der Waals surface area contributed by atoms with Crippen LogP contribution in [0.15, 0.2) is 41.0 Å². The van der Waals surface area contributed by atoms with Crippen LogP contribution in [-0.4, -0.2) is 64.7 Å². The summed E-state index contributed by atoms with van der Waals surface area (Å²) in [6, 6.07) is 7.92. The molecule has 8 heteroatoms. The number of aliphatic hydroxyl groups is 1. The van der Waals surface area contributed by atoms with Crippen molar-refractivity contribution in [1.82, 2.24) is 14.8 Å². The molecular formula is C22H27BrFN3O3. The highest BCUT2D eigenvalue weighted by Gasteiger charge is 2.34. The Bertz CT molecular complexity index is 898. The molecule has 1 aliphatic rings. The molecule has 0 aliphatic carbocycles. The summed E-state index contributed by atoms with van der Waals surface area (Å²) in [5.74, 6) is -0.184. The minimum atomic E-state index is -0.324. The zero-order chi connectivity index (χ0) is 21.8. The first-order valence-electron chi connectivity index (χ1n) is 9.95. The molecule has 3 atom stereocenters. The van der Waals surface area contributed by atoms with Gasteiger partial charge in [0.25, 0.3) is 5.91 Å². The largest absolute Gasteiger partial charge is 0.472 e. The van der Waals surface area contributed by atoms with E-state index in [9.17, 15) is 14.3 Å². The number of fused-ring (bicyclic) bond motifs is 1. The van der Waals surface area contributed by atoms with Gasteiger partial charge in [0.2, 0.25) is 5.88 Å². The van der Waals surface area contributed by atoms with Crippen LogP contribution in [0.2, 0.25) is 0 Å². The average Bonchev–Trinajstić information content (AvgIpc) is 2.70. The molecule has 0 radical (unpaired) electrons. The van der Waals surface area contributed by atoms with Crippen molar-refractivity contribution in [3.63, 3.8) is 0 Å². The van der Waals surface area contributed by atoms with E-state index < -0.39 is 0 Å². The summed E-state index contributed by atoms with van der Waals surface area (Å²) in [5, 5.41) is 9.66. The van der Waals surface area contributed by atoms with Gasteiger partial charge < -0.3 is 14.7 Å². The standard InChI is InChI=1S/C22H27BrFN3O3/c1-14-10-27(15(2)13-28)22(29)19-8-17(23)9-25-21(19)30-20(14)12-26(3)11-16-5-4-6-18(24)7-16/h4-9,14-15,20,28H,10-13H2,1-3H3/t14-,15+,20-/m1/s1. The Hall–Kier alpha value is -2.03. The van der Waals surface area contributed by atoms with Gasteiger partial charge >= 0.3 is 0 Å². The minimum absolute atomic E-state index is 0.00323. The highest BCUT2D eigenvalue weighted by molar-refractivity contribution is 9.10. The number of aromatic nitrogens is 1. The molecule has 0 spiro atoms. The molecule has 30 heavy (non-hydrogen) atoms. The molecule has 1 aliphatic heterocycles. The third-order valence-electron chi connectivity index (χ3n) is 5.32. The molecule has 2 heterocycles. The quantitative estimate of drug-likeness (QED) is 0.688. The van der Waals surface area contributed by atoms with Crippen molar-refractivity contribution in [2.45, 2.75) is 32.5 Å². The second kappa shape index (κ2) is 9.85. The van der Waals surface area contributed by atoms with Gasteiger partial charge in [-0.15, -0.1) is 0 Å². The predicted octanol–water partition coefficient (Wildman–Crippen LogP) is 3.34. The zero-order valence-corrected chi connectivity index (χ0v) is 19.0. The lowest BCUT2D eigenvalue weighted by atomic mass is 10.00. The van der Waals surface area contributed by atoms with Gasteiger partial charge in [0.05, 0.1) is 12.6 Å². The normalized spacial score (nSPS) is 20.4. The van der Waals surface area contributed by atoms with Crippen molar-refractivity contribution in [3.05, 3.63) is 57.9 Å². The molecule has 0 saturated heterocycles. The van der Waals surface area contributed by atoms with Crippen molar-refractivity contribution in [2.75, 3.05) is 26.7 Å². The summed E-state index contributed by atoms with van der Waals surface area (Å²) in [6.45, 7) is 5.31. The van der Waals surface area contributed by atoms with Gasteiger partial charge in [0, 0.05) is 36.2 Å². The number of carbonyl (C=O) groups is 1. The molecule has 2 aromatic rings. The van der Waals surface area contributed by atoms with E-state index in [0.717, 1.165) is 5.56 Å². The Kier molecular flexibility index (Phi) is 7.44. The maximum absolute atomic E-state index is 13.5. The summed E-state index contributed by atoms with van der Waals surface area (Å²) in [6.07, 6.45) is 1.36. The van der Waals surface area contributed by atoms with E-state index in [1.807, 2.05) is 27.0 Å². The number of nitrogens with zero attached hydrogens (tertiary/aromatic N) is 3. The number of likely N-dealkylation sites (N-methyl/N-ethyl adjacent to an activating group) is 1. The highest BCUT2D eigenvalue weighted by atomic mass is 79.9. The number of carbonyl (C=O) groups excluding carboxylic acids is 1. The number of ether oxygens (including phenoxy) is 1. The van der Waals surface area contributed by atoms with Gasteiger partial charge in [0.1, 0.15) is 17.5 Å². The molecule has 0 saturated carbocycles. The number of halogens is 2. The summed E-state index contributed by atoms with van der Waals surface area (Å²) in [7, 11) is 1.95. The van der Waals surface area contributed by atoms with Gasteiger partial charge in [-0.3, -0.25) is 9.69 Å². The van der Waals surface area contributed by atoms with Gasteiger partial charge in [-0.25, -0.2) is 9.37 Å². The van der Waals surface area contributed by atoms with Crippen LogP contribution in [0, 0.1) is 11.7 Å². The molecule has 0 unspecified atom stereocenters. The molecule has 3 rings (SSSR count). The third kappa shape index (κ3) is 5.36. The zero-order valence-electron chi connectivity index (χ0n) is 17.4.